The molecule has 4 N–H and O–H groups in total. The van der Waals surface area contributed by atoms with Crippen molar-refractivity contribution in [3.63, 3.8) is 0 Å². The lowest BCUT2D eigenvalue weighted by molar-refractivity contribution is -0.125. The van der Waals surface area contributed by atoms with Crippen molar-refractivity contribution >= 4 is 23.2 Å². The van der Waals surface area contributed by atoms with Gasteiger partial charge in [-0.1, -0.05) is 19.9 Å². The van der Waals surface area contributed by atoms with Crippen LogP contribution in [0, 0.1) is 0 Å². The summed E-state index contributed by atoms with van der Waals surface area (Å²) >= 11 is 1.67. The molecule has 2 amide bonds. The van der Waals surface area contributed by atoms with Gasteiger partial charge >= 0.3 is 0 Å². The summed E-state index contributed by atoms with van der Waals surface area (Å²) in [5.74, 6) is -0.538. The van der Waals surface area contributed by atoms with Crippen molar-refractivity contribution in [3.05, 3.63) is 22.4 Å². The summed E-state index contributed by atoms with van der Waals surface area (Å²) in [5, 5.41) is 7.25. The molecule has 1 heterocycles. The maximum atomic E-state index is 11.5. The van der Waals surface area contributed by atoms with Crippen LogP contribution in [0.2, 0.25) is 0 Å². The van der Waals surface area contributed by atoms with Crippen molar-refractivity contribution in [2.75, 3.05) is 19.6 Å². The van der Waals surface area contributed by atoms with Crippen LogP contribution in [-0.2, 0) is 15.0 Å². The highest BCUT2D eigenvalue weighted by Crippen LogP contribution is 2.26. The molecule has 0 aliphatic carbocycles. The maximum absolute atomic E-state index is 11.5. The van der Waals surface area contributed by atoms with Gasteiger partial charge in [0, 0.05) is 16.8 Å². The lowest BCUT2D eigenvalue weighted by Gasteiger charge is -2.23. The summed E-state index contributed by atoms with van der Waals surface area (Å²) in [6.45, 7) is 4.53. The Morgan fingerprint density at radius 3 is 2.61 bits per heavy atom. The molecule has 0 bridgehead atoms. The Morgan fingerprint density at radius 1 is 1.33 bits per heavy atom. The second-order valence-electron chi connectivity index (χ2n) is 4.62. The van der Waals surface area contributed by atoms with E-state index in [9.17, 15) is 9.59 Å². The normalized spacial score (nSPS) is 11.1. The SMILES string of the molecule is CC(C)(CNC(=O)CNC(=O)CN)c1cccs1. The van der Waals surface area contributed by atoms with E-state index in [1.807, 2.05) is 17.5 Å². The summed E-state index contributed by atoms with van der Waals surface area (Å²) in [7, 11) is 0. The molecule has 0 aliphatic rings. The number of carbonyl (C=O) groups is 2. The molecule has 0 unspecified atom stereocenters. The molecule has 0 aliphatic heterocycles. The number of amides is 2. The van der Waals surface area contributed by atoms with E-state index in [-0.39, 0.29) is 30.3 Å². The molecular formula is C12H19N3O2S. The minimum absolute atomic E-state index is 0.0312. The Labute approximate surface area is 111 Å². The minimum atomic E-state index is -0.331. The largest absolute Gasteiger partial charge is 0.354 e. The zero-order chi connectivity index (χ0) is 13.6. The fourth-order valence-corrected chi connectivity index (χ4v) is 2.24. The highest BCUT2D eigenvalue weighted by molar-refractivity contribution is 7.10. The molecule has 6 heteroatoms. The van der Waals surface area contributed by atoms with E-state index in [2.05, 4.69) is 24.5 Å². The lowest BCUT2D eigenvalue weighted by Crippen LogP contribution is -2.43. The topological polar surface area (TPSA) is 84.2 Å². The first kappa shape index (κ1) is 14.7. The molecule has 0 fully saturated rings. The van der Waals surface area contributed by atoms with Crippen molar-refractivity contribution in [1.29, 1.82) is 0 Å². The first-order chi connectivity index (χ1) is 8.45. The Bertz CT molecular complexity index is 401. The van der Waals surface area contributed by atoms with Gasteiger partial charge in [0.1, 0.15) is 0 Å². The quantitative estimate of drug-likeness (QED) is 0.690. The van der Waals surface area contributed by atoms with E-state index in [1.54, 1.807) is 11.3 Å². The lowest BCUT2D eigenvalue weighted by atomic mass is 9.91. The average Bonchev–Trinajstić information content (AvgIpc) is 2.88. The molecule has 18 heavy (non-hydrogen) atoms. The number of rotatable bonds is 6. The fraction of sp³-hybridized carbons (Fsp3) is 0.500. The van der Waals surface area contributed by atoms with Crippen molar-refractivity contribution in [3.8, 4) is 0 Å². The van der Waals surface area contributed by atoms with Crippen LogP contribution in [0.3, 0.4) is 0 Å². The number of hydrogen-bond acceptors (Lipinski definition) is 4. The predicted molar refractivity (Wildman–Crippen MR) is 72.4 cm³/mol. The summed E-state index contributed by atoms with van der Waals surface area (Å²) in [5.41, 5.74) is 5.01. The van der Waals surface area contributed by atoms with E-state index in [0.717, 1.165) is 0 Å². The molecular weight excluding hydrogens is 250 g/mol. The molecule has 1 aromatic heterocycles. The van der Waals surface area contributed by atoms with Gasteiger partial charge in [0.15, 0.2) is 0 Å². The Kier molecular flexibility index (Phi) is 5.30. The van der Waals surface area contributed by atoms with E-state index < -0.39 is 0 Å². The van der Waals surface area contributed by atoms with Gasteiger partial charge in [0.25, 0.3) is 0 Å². The zero-order valence-corrected chi connectivity index (χ0v) is 11.5. The number of carbonyl (C=O) groups excluding carboxylic acids is 2. The number of nitrogens with two attached hydrogens (primary N) is 1. The summed E-state index contributed by atoms with van der Waals surface area (Å²) in [4.78, 5) is 23.6. The number of hydrogen-bond donors (Lipinski definition) is 3. The molecule has 100 valence electrons. The Hall–Kier alpha value is -1.40. The van der Waals surface area contributed by atoms with Crippen molar-refractivity contribution in [2.24, 2.45) is 5.73 Å². The van der Waals surface area contributed by atoms with E-state index in [1.165, 1.54) is 4.88 Å². The van der Waals surface area contributed by atoms with Gasteiger partial charge in [-0.2, -0.15) is 0 Å². The number of thiophene rings is 1. The van der Waals surface area contributed by atoms with Gasteiger partial charge in [-0.05, 0) is 11.4 Å². The van der Waals surface area contributed by atoms with Gasteiger partial charge < -0.3 is 16.4 Å². The van der Waals surface area contributed by atoms with Gasteiger partial charge in [-0.25, -0.2) is 0 Å². The maximum Gasteiger partial charge on any atom is 0.239 e. The van der Waals surface area contributed by atoms with Crippen molar-refractivity contribution in [1.82, 2.24) is 10.6 Å². The molecule has 0 saturated heterocycles. The van der Waals surface area contributed by atoms with Crippen LogP contribution >= 0.6 is 11.3 Å². The average molecular weight is 269 g/mol. The smallest absolute Gasteiger partial charge is 0.239 e. The van der Waals surface area contributed by atoms with Crippen LogP contribution in [0.25, 0.3) is 0 Å². The molecule has 5 nitrogen and oxygen atoms in total. The third kappa shape index (κ3) is 4.46. The number of nitrogens with one attached hydrogen (secondary N) is 2. The van der Waals surface area contributed by atoms with Crippen LogP contribution in [0.15, 0.2) is 17.5 Å². The van der Waals surface area contributed by atoms with Gasteiger partial charge in [-0.3, -0.25) is 9.59 Å². The summed E-state index contributed by atoms with van der Waals surface area (Å²) in [6, 6.07) is 4.04. The van der Waals surface area contributed by atoms with E-state index in [4.69, 9.17) is 5.73 Å². The fourth-order valence-electron chi connectivity index (χ4n) is 1.38. The third-order valence-corrected chi connectivity index (χ3v) is 3.78. The van der Waals surface area contributed by atoms with Crippen LogP contribution in [-0.4, -0.2) is 31.4 Å². The summed E-state index contributed by atoms with van der Waals surface area (Å²) < 4.78 is 0. The Morgan fingerprint density at radius 2 is 2.06 bits per heavy atom. The van der Waals surface area contributed by atoms with E-state index >= 15 is 0 Å². The standard InChI is InChI=1S/C12H19N3O2S/c1-12(2,9-4-3-5-18-9)8-15-11(17)7-14-10(16)6-13/h3-5H,6-8,13H2,1-2H3,(H,14,16)(H,15,17). The highest BCUT2D eigenvalue weighted by atomic mass is 32.1. The molecule has 1 aromatic rings. The van der Waals surface area contributed by atoms with E-state index in [0.29, 0.717) is 6.54 Å². The van der Waals surface area contributed by atoms with Crippen LogP contribution < -0.4 is 16.4 Å². The van der Waals surface area contributed by atoms with Gasteiger partial charge in [-0.15, -0.1) is 11.3 Å². The predicted octanol–water partition coefficient (Wildman–Crippen LogP) is 0.217. The first-order valence-electron chi connectivity index (χ1n) is 5.73. The highest BCUT2D eigenvalue weighted by Gasteiger charge is 2.22. The monoisotopic (exact) mass is 269 g/mol. The van der Waals surface area contributed by atoms with Crippen LogP contribution in [0.5, 0.6) is 0 Å². The van der Waals surface area contributed by atoms with Crippen LogP contribution in [0.4, 0.5) is 0 Å². The van der Waals surface area contributed by atoms with Gasteiger partial charge in [0.2, 0.25) is 11.8 Å². The Balaban J connectivity index is 2.36. The van der Waals surface area contributed by atoms with Crippen molar-refractivity contribution < 1.29 is 9.59 Å². The summed E-state index contributed by atoms with van der Waals surface area (Å²) in [6.07, 6.45) is 0. The molecule has 0 saturated carbocycles. The zero-order valence-electron chi connectivity index (χ0n) is 10.7. The van der Waals surface area contributed by atoms with Crippen molar-refractivity contribution in [2.45, 2.75) is 19.3 Å². The molecule has 0 atom stereocenters. The minimum Gasteiger partial charge on any atom is -0.354 e. The molecule has 1 rings (SSSR count). The van der Waals surface area contributed by atoms with Crippen LogP contribution in [0.1, 0.15) is 18.7 Å². The second kappa shape index (κ2) is 6.51. The van der Waals surface area contributed by atoms with Gasteiger partial charge in [0.05, 0.1) is 13.1 Å². The molecule has 0 radical (unpaired) electrons. The molecule has 0 spiro atoms. The second-order valence-corrected chi connectivity index (χ2v) is 5.57. The third-order valence-electron chi connectivity index (χ3n) is 2.55. The molecule has 0 aromatic carbocycles. The first-order valence-corrected chi connectivity index (χ1v) is 6.61.